The number of carbonyl (C=O) groups is 2. The van der Waals surface area contributed by atoms with Gasteiger partial charge in [-0.2, -0.15) is 0 Å². The number of carbonyl (C=O) groups excluding carboxylic acids is 2. The van der Waals surface area contributed by atoms with Crippen molar-refractivity contribution in [3.05, 3.63) is 99.7 Å². The molecule has 1 fully saturated rings. The zero-order valence-corrected chi connectivity index (χ0v) is 27.0. The Morgan fingerprint density at radius 2 is 1.74 bits per heavy atom. The first-order valence-electron chi connectivity index (χ1n) is 14.8. The summed E-state index contributed by atoms with van der Waals surface area (Å²) in [4.78, 5) is 36.2. The van der Waals surface area contributed by atoms with E-state index in [0.29, 0.717) is 46.0 Å². The third-order valence-corrected chi connectivity index (χ3v) is 8.67. The fourth-order valence-corrected chi connectivity index (χ4v) is 5.60. The molecule has 0 unspecified atom stereocenters. The van der Waals surface area contributed by atoms with E-state index in [1.165, 1.54) is 17.8 Å². The molecule has 12 heteroatoms. The molecule has 3 heterocycles. The molecule has 0 spiro atoms. The minimum Gasteiger partial charge on any atom is -0.454 e. The maximum Gasteiger partial charge on any atom is 0.255 e. The van der Waals surface area contributed by atoms with Crippen LogP contribution in [0.1, 0.15) is 21.5 Å². The number of aromatic nitrogens is 1. The molecule has 0 aliphatic carbocycles. The van der Waals surface area contributed by atoms with Crippen LogP contribution >= 0.6 is 23.2 Å². The average molecular weight is 663 g/mol. The van der Waals surface area contributed by atoms with Gasteiger partial charge in [0.2, 0.25) is 18.6 Å². The molecule has 3 aromatic carbocycles. The topological polar surface area (TPSA) is 96.5 Å². The number of hydrogen-bond acceptors (Lipinski definition) is 8. The van der Waals surface area contributed by atoms with E-state index in [1.807, 2.05) is 54.1 Å². The zero-order chi connectivity index (χ0) is 32.2. The predicted octanol–water partition coefficient (Wildman–Crippen LogP) is 6.25. The second-order valence-electron chi connectivity index (χ2n) is 11.2. The Morgan fingerprint density at radius 3 is 2.48 bits per heavy atom. The van der Waals surface area contributed by atoms with Gasteiger partial charge in [0.1, 0.15) is 5.75 Å². The summed E-state index contributed by atoms with van der Waals surface area (Å²) in [6, 6.07) is 19.9. The van der Waals surface area contributed by atoms with Gasteiger partial charge in [-0.15, -0.1) is 0 Å². The van der Waals surface area contributed by atoms with Crippen LogP contribution in [0, 0.1) is 6.92 Å². The van der Waals surface area contributed by atoms with Gasteiger partial charge < -0.3 is 29.3 Å². The number of ether oxygens (including phenoxy) is 3. The van der Waals surface area contributed by atoms with Crippen molar-refractivity contribution in [2.45, 2.75) is 13.5 Å². The molecule has 2 aliphatic rings. The van der Waals surface area contributed by atoms with Gasteiger partial charge in [-0.1, -0.05) is 29.3 Å². The van der Waals surface area contributed by atoms with Crippen molar-refractivity contribution in [1.82, 2.24) is 14.8 Å². The van der Waals surface area contributed by atoms with Crippen molar-refractivity contribution in [2.75, 3.05) is 56.8 Å². The number of likely N-dealkylation sites (N-methyl/N-ethyl adjacent to an activating group) is 1. The Morgan fingerprint density at radius 1 is 0.935 bits per heavy atom. The average Bonchev–Trinajstić information content (AvgIpc) is 3.52. The number of aryl methyl sites for hydroxylation is 1. The lowest BCUT2D eigenvalue weighted by molar-refractivity contribution is -0.131. The standard InChI is InChI=1S/C34H33Cl2N5O5/c1-22-15-26(6-9-29(22)46-32-10-5-25(18-37-32)38-34(43)24-4-7-27(35)28(36)17-24)39(2)20-33(42)41-13-11-40(12-14-41)19-23-3-8-30-31(16-23)45-21-44-30/h3-10,15-18H,11-14,19-21H2,1-2H3,(H,38,43). The fourth-order valence-electron chi connectivity index (χ4n) is 5.30. The second kappa shape index (κ2) is 13.9. The Hall–Kier alpha value is -4.51. The van der Waals surface area contributed by atoms with Crippen LogP contribution in [0.3, 0.4) is 0 Å². The number of fused-ring (bicyclic) bond motifs is 1. The first-order valence-corrected chi connectivity index (χ1v) is 15.6. The molecule has 10 nitrogen and oxygen atoms in total. The maximum absolute atomic E-state index is 13.1. The molecule has 0 radical (unpaired) electrons. The number of halogens is 2. The van der Waals surface area contributed by atoms with E-state index in [0.717, 1.165) is 42.4 Å². The molecule has 1 N–H and O–H groups in total. The van der Waals surface area contributed by atoms with Gasteiger partial charge in [0.05, 0.1) is 28.5 Å². The summed E-state index contributed by atoms with van der Waals surface area (Å²) < 4.78 is 16.9. The lowest BCUT2D eigenvalue weighted by atomic mass is 10.1. The quantitative estimate of drug-likeness (QED) is 0.225. The van der Waals surface area contributed by atoms with Gasteiger partial charge in [0.25, 0.3) is 5.91 Å². The molecular formula is C34H33Cl2N5O5. The number of piperazine rings is 1. The molecule has 2 amide bonds. The Balaban J connectivity index is 0.976. The third kappa shape index (κ3) is 7.47. The Labute approximate surface area is 277 Å². The van der Waals surface area contributed by atoms with Crippen LogP contribution in [-0.4, -0.2) is 73.2 Å². The molecule has 0 bridgehead atoms. The summed E-state index contributed by atoms with van der Waals surface area (Å²) in [5.74, 6) is 2.36. The largest absolute Gasteiger partial charge is 0.454 e. The van der Waals surface area contributed by atoms with Gasteiger partial charge >= 0.3 is 0 Å². The molecule has 1 aromatic heterocycles. The first-order chi connectivity index (χ1) is 22.2. The van der Waals surface area contributed by atoms with Gasteiger partial charge in [0.15, 0.2) is 11.5 Å². The van der Waals surface area contributed by atoms with Crippen LogP contribution < -0.4 is 24.4 Å². The van der Waals surface area contributed by atoms with E-state index in [2.05, 4.69) is 21.3 Å². The highest BCUT2D eigenvalue weighted by atomic mass is 35.5. The molecular weight excluding hydrogens is 629 g/mol. The zero-order valence-electron chi connectivity index (χ0n) is 25.5. The minimum atomic E-state index is -0.331. The summed E-state index contributed by atoms with van der Waals surface area (Å²) in [5.41, 5.74) is 3.87. The highest BCUT2D eigenvalue weighted by molar-refractivity contribution is 6.42. The van der Waals surface area contributed by atoms with Gasteiger partial charge in [0, 0.05) is 57.1 Å². The van der Waals surface area contributed by atoms with Crippen LogP contribution in [0.25, 0.3) is 0 Å². The number of anilines is 2. The highest BCUT2D eigenvalue weighted by Crippen LogP contribution is 2.33. The summed E-state index contributed by atoms with van der Waals surface area (Å²) in [5, 5.41) is 3.46. The van der Waals surface area contributed by atoms with Crippen LogP contribution in [0.5, 0.6) is 23.1 Å². The normalized spacial score (nSPS) is 14.2. The highest BCUT2D eigenvalue weighted by Gasteiger charge is 2.23. The Bertz CT molecular complexity index is 1740. The molecule has 0 atom stereocenters. The molecule has 238 valence electrons. The molecule has 4 aromatic rings. The summed E-state index contributed by atoms with van der Waals surface area (Å²) >= 11 is 12.0. The summed E-state index contributed by atoms with van der Waals surface area (Å²) in [6.45, 7) is 6.30. The van der Waals surface area contributed by atoms with Crippen molar-refractivity contribution >= 4 is 46.4 Å². The van der Waals surface area contributed by atoms with E-state index in [9.17, 15) is 9.59 Å². The van der Waals surface area contributed by atoms with Crippen molar-refractivity contribution in [3.63, 3.8) is 0 Å². The predicted molar refractivity (Wildman–Crippen MR) is 178 cm³/mol. The number of nitrogens with zero attached hydrogens (tertiary/aromatic N) is 4. The van der Waals surface area contributed by atoms with Crippen molar-refractivity contribution in [3.8, 4) is 23.1 Å². The maximum atomic E-state index is 13.1. The van der Waals surface area contributed by atoms with Crippen LogP contribution in [0.4, 0.5) is 11.4 Å². The van der Waals surface area contributed by atoms with Crippen LogP contribution in [-0.2, 0) is 11.3 Å². The van der Waals surface area contributed by atoms with Crippen molar-refractivity contribution in [2.24, 2.45) is 0 Å². The van der Waals surface area contributed by atoms with E-state index in [1.54, 1.807) is 24.3 Å². The van der Waals surface area contributed by atoms with Gasteiger partial charge in [-0.25, -0.2) is 4.98 Å². The van der Waals surface area contributed by atoms with Crippen molar-refractivity contribution in [1.29, 1.82) is 0 Å². The van der Waals surface area contributed by atoms with Gasteiger partial charge in [-0.3, -0.25) is 14.5 Å². The van der Waals surface area contributed by atoms with E-state index < -0.39 is 0 Å². The minimum absolute atomic E-state index is 0.0961. The van der Waals surface area contributed by atoms with Crippen molar-refractivity contribution < 1.29 is 23.8 Å². The summed E-state index contributed by atoms with van der Waals surface area (Å²) in [6.07, 6.45) is 1.52. The van der Waals surface area contributed by atoms with E-state index >= 15 is 0 Å². The number of benzene rings is 3. The smallest absolute Gasteiger partial charge is 0.255 e. The number of rotatable bonds is 9. The molecule has 0 saturated carbocycles. The van der Waals surface area contributed by atoms with Crippen LogP contribution in [0.15, 0.2) is 72.9 Å². The lowest BCUT2D eigenvalue weighted by Gasteiger charge is -2.35. The summed E-state index contributed by atoms with van der Waals surface area (Å²) in [7, 11) is 1.91. The van der Waals surface area contributed by atoms with E-state index in [-0.39, 0.29) is 25.2 Å². The number of nitrogens with one attached hydrogen (secondary N) is 1. The van der Waals surface area contributed by atoms with E-state index in [4.69, 9.17) is 37.4 Å². The molecule has 2 aliphatic heterocycles. The number of pyridine rings is 1. The molecule has 6 rings (SSSR count). The number of hydrogen-bond donors (Lipinski definition) is 1. The third-order valence-electron chi connectivity index (χ3n) is 7.93. The first kappa shape index (κ1) is 31.5. The SMILES string of the molecule is Cc1cc(N(C)CC(=O)N2CCN(Cc3ccc4c(c3)OCO4)CC2)ccc1Oc1ccc(NC(=O)c2ccc(Cl)c(Cl)c2)cn1. The fraction of sp³-hybridized carbons (Fsp3) is 0.265. The monoisotopic (exact) mass is 661 g/mol. The van der Waals surface area contributed by atoms with Crippen LogP contribution in [0.2, 0.25) is 10.0 Å². The number of amides is 2. The van der Waals surface area contributed by atoms with Gasteiger partial charge in [-0.05, 0) is 72.6 Å². The molecule has 1 saturated heterocycles. The second-order valence-corrected chi connectivity index (χ2v) is 12.0. The Kier molecular flexibility index (Phi) is 9.48. The molecule has 46 heavy (non-hydrogen) atoms. The lowest BCUT2D eigenvalue weighted by Crippen LogP contribution is -2.50.